The third-order valence-electron chi connectivity index (χ3n) is 3.18. The number of carbonyl (C=O) groups is 2. The van der Waals surface area contributed by atoms with Gasteiger partial charge in [0, 0.05) is 13.2 Å². The molecule has 3 aromatic heterocycles. The zero-order valence-corrected chi connectivity index (χ0v) is 12.3. The molecule has 21 heavy (non-hydrogen) atoms. The van der Waals surface area contributed by atoms with Crippen molar-refractivity contribution in [2.75, 3.05) is 0 Å². The Balaban J connectivity index is 1.73. The molecule has 3 heterocycles. The second-order valence-corrected chi connectivity index (χ2v) is 5.47. The first-order chi connectivity index (χ1) is 10.1. The van der Waals surface area contributed by atoms with E-state index in [1.807, 2.05) is 0 Å². The Hall–Kier alpha value is -2.48. The van der Waals surface area contributed by atoms with Gasteiger partial charge in [0.1, 0.15) is 5.51 Å². The van der Waals surface area contributed by atoms with Gasteiger partial charge in [-0.05, 0) is 19.1 Å². The van der Waals surface area contributed by atoms with E-state index in [-0.39, 0.29) is 6.04 Å². The van der Waals surface area contributed by atoms with Crippen LogP contribution in [0.2, 0.25) is 0 Å². The van der Waals surface area contributed by atoms with E-state index >= 15 is 0 Å². The number of hydrogen-bond donors (Lipinski definition) is 1. The number of imidazole rings is 1. The fraction of sp³-hybridized carbons (Fsp3) is 0.231. The van der Waals surface area contributed by atoms with Crippen molar-refractivity contribution in [3.05, 3.63) is 41.4 Å². The van der Waals surface area contributed by atoms with Crippen LogP contribution in [0, 0.1) is 0 Å². The Morgan fingerprint density at radius 1 is 1.43 bits per heavy atom. The van der Waals surface area contributed by atoms with Gasteiger partial charge >= 0.3 is 0 Å². The zero-order chi connectivity index (χ0) is 15.0. The Labute approximate surface area is 124 Å². The first kappa shape index (κ1) is 13.5. The summed E-state index contributed by atoms with van der Waals surface area (Å²) in [6.45, 7) is 1.78. The van der Waals surface area contributed by atoms with E-state index in [4.69, 9.17) is 0 Å². The highest BCUT2D eigenvalue weighted by Gasteiger charge is 2.22. The Morgan fingerprint density at radius 2 is 2.24 bits per heavy atom. The van der Waals surface area contributed by atoms with Crippen LogP contribution in [0.15, 0.2) is 30.0 Å². The molecule has 0 saturated heterocycles. The second-order valence-electron chi connectivity index (χ2n) is 4.66. The lowest BCUT2D eigenvalue weighted by atomic mass is 10.2. The van der Waals surface area contributed by atoms with Crippen molar-refractivity contribution >= 4 is 28.0 Å². The van der Waals surface area contributed by atoms with Crippen LogP contribution in [-0.4, -0.2) is 30.9 Å². The minimum absolute atomic E-state index is 0.354. The molecule has 1 atom stereocenters. The predicted octanol–water partition coefficient (Wildman–Crippen LogP) is 1.19. The maximum Gasteiger partial charge on any atom is 0.294 e. The van der Waals surface area contributed by atoms with Crippen molar-refractivity contribution in [1.29, 1.82) is 0 Å². The number of carbonyl (C=O) groups excluding carboxylic acids is 2. The summed E-state index contributed by atoms with van der Waals surface area (Å²) in [6, 6.07) is 2.97. The fourth-order valence-electron chi connectivity index (χ4n) is 2.01. The van der Waals surface area contributed by atoms with E-state index in [2.05, 4.69) is 15.4 Å². The van der Waals surface area contributed by atoms with Crippen molar-refractivity contribution in [3.8, 4) is 0 Å². The minimum atomic E-state index is -0.645. The molecular weight excluding hydrogens is 290 g/mol. The van der Waals surface area contributed by atoms with Crippen molar-refractivity contribution < 1.29 is 9.59 Å². The topological polar surface area (TPSA) is 81.3 Å². The summed E-state index contributed by atoms with van der Waals surface area (Å²) in [5, 5.41) is 6.74. The van der Waals surface area contributed by atoms with E-state index < -0.39 is 11.7 Å². The highest BCUT2D eigenvalue weighted by Crippen LogP contribution is 2.15. The first-order valence-corrected chi connectivity index (χ1v) is 7.19. The summed E-state index contributed by atoms with van der Waals surface area (Å²) in [7, 11) is 1.72. The van der Waals surface area contributed by atoms with Gasteiger partial charge < -0.3 is 9.88 Å². The number of hydrogen-bond acceptors (Lipinski definition) is 5. The molecule has 0 aromatic carbocycles. The number of amides is 1. The summed E-state index contributed by atoms with van der Waals surface area (Å²) in [5.74, 6) is -1.21. The average Bonchev–Trinajstić information content (AvgIpc) is 3.12. The van der Waals surface area contributed by atoms with Gasteiger partial charge in [-0.25, -0.2) is 9.50 Å². The van der Waals surface area contributed by atoms with E-state index in [9.17, 15) is 9.59 Å². The molecule has 0 aliphatic heterocycles. The molecule has 3 aromatic rings. The molecule has 1 amide bonds. The molecule has 1 N–H and O–H groups in total. The molecule has 0 aliphatic carbocycles. The Bertz CT molecular complexity index is 787. The van der Waals surface area contributed by atoms with Crippen LogP contribution >= 0.6 is 11.3 Å². The smallest absolute Gasteiger partial charge is 0.294 e. The number of ketones is 1. The maximum atomic E-state index is 12.0. The van der Waals surface area contributed by atoms with Crippen molar-refractivity contribution in [3.63, 3.8) is 0 Å². The quantitative estimate of drug-likeness (QED) is 0.580. The van der Waals surface area contributed by atoms with Gasteiger partial charge in [-0.2, -0.15) is 5.10 Å². The third kappa shape index (κ3) is 2.45. The van der Waals surface area contributed by atoms with E-state index in [1.54, 1.807) is 53.1 Å². The van der Waals surface area contributed by atoms with Crippen molar-refractivity contribution in [1.82, 2.24) is 24.5 Å². The lowest BCUT2D eigenvalue weighted by Crippen LogP contribution is -2.34. The van der Waals surface area contributed by atoms with Gasteiger partial charge in [-0.15, -0.1) is 0 Å². The molecule has 108 valence electrons. The number of aryl methyl sites for hydroxylation is 1. The molecule has 0 aliphatic rings. The van der Waals surface area contributed by atoms with Crippen LogP contribution in [0.5, 0.6) is 0 Å². The normalized spacial score (nSPS) is 12.5. The molecule has 7 nitrogen and oxygen atoms in total. The standard InChI is InChI=1S/C13H13N5O2S/c1-8(9-6-18-13(16-9)21-7-14-18)15-12(20)11(19)10-4-3-5-17(10)2/h3-8H,1-2H3,(H,15,20)/t8-/m0/s1. The minimum Gasteiger partial charge on any atom is -0.348 e. The summed E-state index contributed by atoms with van der Waals surface area (Å²) >= 11 is 1.41. The molecule has 0 spiro atoms. The maximum absolute atomic E-state index is 12.0. The van der Waals surface area contributed by atoms with E-state index in [0.717, 1.165) is 4.96 Å². The fourth-order valence-corrected chi connectivity index (χ4v) is 2.62. The first-order valence-electron chi connectivity index (χ1n) is 6.31. The Morgan fingerprint density at radius 3 is 2.90 bits per heavy atom. The molecule has 0 bridgehead atoms. The monoisotopic (exact) mass is 303 g/mol. The van der Waals surface area contributed by atoms with Gasteiger partial charge in [0.25, 0.3) is 11.7 Å². The number of fused-ring (bicyclic) bond motifs is 1. The van der Waals surface area contributed by atoms with Gasteiger partial charge in [0.2, 0.25) is 4.96 Å². The molecule has 8 heteroatoms. The van der Waals surface area contributed by atoms with E-state index in [0.29, 0.717) is 11.4 Å². The van der Waals surface area contributed by atoms with Gasteiger partial charge in [0.05, 0.1) is 23.6 Å². The lowest BCUT2D eigenvalue weighted by Gasteiger charge is -2.10. The number of rotatable bonds is 4. The molecule has 0 unspecified atom stereocenters. The number of nitrogens with zero attached hydrogens (tertiary/aromatic N) is 4. The van der Waals surface area contributed by atoms with Gasteiger partial charge in [0.15, 0.2) is 0 Å². The predicted molar refractivity (Wildman–Crippen MR) is 77.2 cm³/mol. The summed E-state index contributed by atoms with van der Waals surface area (Å²) in [6.07, 6.45) is 3.46. The number of aromatic nitrogens is 4. The third-order valence-corrected chi connectivity index (χ3v) is 3.87. The van der Waals surface area contributed by atoms with Crippen LogP contribution in [0.25, 0.3) is 4.96 Å². The van der Waals surface area contributed by atoms with Gasteiger partial charge in [-0.3, -0.25) is 9.59 Å². The lowest BCUT2D eigenvalue weighted by molar-refractivity contribution is -0.117. The summed E-state index contributed by atoms with van der Waals surface area (Å²) < 4.78 is 3.25. The Kier molecular flexibility index (Phi) is 3.30. The van der Waals surface area contributed by atoms with E-state index in [1.165, 1.54) is 11.3 Å². The molecule has 0 saturated carbocycles. The number of nitrogens with one attached hydrogen (secondary N) is 1. The highest BCUT2D eigenvalue weighted by molar-refractivity contribution is 7.14. The van der Waals surface area contributed by atoms with Crippen LogP contribution in [0.3, 0.4) is 0 Å². The number of Topliss-reactive ketones (excluding diaryl/α,β-unsaturated/α-hetero) is 1. The van der Waals surface area contributed by atoms with Crippen LogP contribution in [-0.2, 0) is 11.8 Å². The summed E-state index contributed by atoms with van der Waals surface area (Å²) in [5.41, 5.74) is 2.71. The second kappa shape index (κ2) is 5.13. The van der Waals surface area contributed by atoms with Crippen molar-refractivity contribution in [2.24, 2.45) is 7.05 Å². The van der Waals surface area contributed by atoms with Crippen molar-refractivity contribution in [2.45, 2.75) is 13.0 Å². The molecular formula is C13H13N5O2S. The van der Waals surface area contributed by atoms with Gasteiger partial charge in [-0.1, -0.05) is 11.3 Å². The zero-order valence-electron chi connectivity index (χ0n) is 11.5. The molecule has 0 fully saturated rings. The van der Waals surface area contributed by atoms with Crippen LogP contribution in [0.1, 0.15) is 29.1 Å². The van der Waals surface area contributed by atoms with Crippen LogP contribution < -0.4 is 5.32 Å². The SMILES string of the molecule is C[C@H](NC(=O)C(=O)c1cccn1C)c1cn2ncsc2n1. The molecule has 3 rings (SSSR count). The summed E-state index contributed by atoms with van der Waals surface area (Å²) in [4.78, 5) is 29.2. The largest absolute Gasteiger partial charge is 0.348 e. The average molecular weight is 303 g/mol. The molecule has 0 radical (unpaired) electrons. The van der Waals surface area contributed by atoms with Crippen LogP contribution in [0.4, 0.5) is 0 Å². The highest BCUT2D eigenvalue weighted by atomic mass is 32.1.